The van der Waals surface area contributed by atoms with Gasteiger partial charge >= 0.3 is 6.09 Å². The van der Waals surface area contributed by atoms with Crippen LogP contribution in [0.5, 0.6) is 0 Å². The van der Waals surface area contributed by atoms with Gasteiger partial charge in [0.05, 0.1) is 12.2 Å². The molecule has 0 saturated carbocycles. The maximum Gasteiger partial charge on any atom is 0.414 e. The molecule has 0 fully saturated rings. The van der Waals surface area contributed by atoms with E-state index in [9.17, 15) is 13.6 Å². The molecule has 0 aliphatic carbocycles. The summed E-state index contributed by atoms with van der Waals surface area (Å²) in [5.41, 5.74) is 1.91. The molecule has 0 bridgehead atoms. The van der Waals surface area contributed by atoms with Gasteiger partial charge in [-0.15, -0.1) is 0 Å². The van der Waals surface area contributed by atoms with Crippen LogP contribution in [0.3, 0.4) is 0 Å². The molecule has 10 heteroatoms. The van der Waals surface area contributed by atoms with E-state index < -0.39 is 18.6 Å². The number of nitrogens with zero attached hydrogens (tertiary/aromatic N) is 3. The van der Waals surface area contributed by atoms with Gasteiger partial charge in [0.15, 0.2) is 5.16 Å². The molecule has 3 rings (SSSR count). The maximum atomic E-state index is 12.7. The summed E-state index contributed by atoms with van der Waals surface area (Å²) in [4.78, 5) is 23.0. The molecule has 2 N–H and O–H groups in total. The molecule has 1 aliphatic rings. The molecule has 1 aliphatic heterocycles. The quantitative estimate of drug-likeness (QED) is 0.447. The molecular weight excluding hydrogens is 436 g/mol. The third-order valence-electron chi connectivity index (χ3n) is 4.85. The van der Waals surface area contributed by atoms with E-state index in [-0.39, 0.29) is 12.1 Å². The summed E-state index contributed by atoms with van der Waals surface area (Å²) in [6.07, 6.45) is 1.32. The Bertz CT molecular complexity index is 939. The van der Waals surface area contributed by atoms with E-state index in [4.69, 9.17) is 4.74 Å². The number of halogens is 2. The number of amides is 1. The number of nitrogens with one attached hydrogen (secondary N) is 2. The fourth-order valence-electron chi connectivity index (χ4n) is 3.46. The van der Waals surface area contributed by atoms with Gasteiger partial charge in [0, 0.05) is 30.9 Å². The molecule has 7 nitrogen and oxygen atoms in total. The summed E-state index contributed by atoms with van der Waals surface area (Å²) in [6, 6.07) is 7.68. The third-order valence-corrected chi connectivity index (χ3v) is 5.41. The zero-order chi connectivity index (χ0) is 23.3. The lowest BCUT2D eigenvalue weighted by molar-refractivity contribution is 0.0575. The average Bonchev–Trinajstić information content (AvgIpc) is 2.74. The van der Waals surface area contributed by atoms with Crippen LogP contribution >= 0.6 is 11.8 Å². The lowest BCUT2D eigenvalue weighted by atomic mass is 9.96. The van der Waals surface area contributed by atoms with Crippen LogP contribution in [-0.4, -0.2) is 47.4 Å². The normalized spacial score (nSPS) is 16.1. The van der Waals surface area contributed by atoms with Crippen LogP contribution in [0, 0.1) is 0 Å². The number of ether oxygens (including phenoxy) is 1. The van der Waals surface area contributed by atoms with E-state index in [2.05, 4.69) is 20.6 Å². The Morgan fingerprint density at radius 1 is 1.34 bits per heavy atom. The van der Waals surface area contributed by atoms with Gasteiger partial charge in [0.2, 0.25) is 0 Å². The molecule has 2 aromatic rings. The molecule has 1 atom stereocenters. The van der Waals surface area contributed by atoms with Crippen molar-refractivity contribution in [3.63, 3.8) is 0 Å². The zero-order valence-corrected chi connectivity index (χ0v) is 19.5. The van der Waals surface area contributed by atoms with Crippen molar-refractivity contribution in [2.24, 2.45) is 0 Å². The average molecular weight is 466 g/mol. The Morgan fingerprint density at radius 3 is 2.78 bits per heavy atom. The largest absolute Gasteiger partial charge is 0.443 e. The van der Waals surface area contributed by atoms with Crippen LogP contribution in [0.25, 0.3) is 0 Å². The van der Waals surface area contributed by atoms with Crippen LogP contribution in [-0.2, 0) is 11.3 Å². The second kappa shape index (κ2) is 10.4. The topological polar surface area (TPSA) is 79.4 Å². The third kappa shape index (κ3) is 6.29. The number of aromatic nitrogens is 2. The minimum atomic E-state index is -2.48. The van der Waals surface area contributed by atoms with Crippen LogP contribution in [0.2, 0.25) is 0 Å². The van der Waals surface area contributed by atoms with Crippen LogP contribution in [0.4, 0.5) is 25.1 Å². The summed E-state index contributed by atoms with van der Waals surface area (Å²) in [6.45, 7) is 5.95. The van der Waals surface area contributed by atoms with E-state index >= 15 is 0 Å². The van der Waals surface area contributed by atoms with Crippen molar-refractivity contribution in [1.29, 1.82) is 0 Å². The Balaban J connectivity index is 1.76. The highest BCUT2D eigenvalue weighted by Crippen LogP contribution is 2.35. The minimum Gasteiger partial charge on any atom is -0.443 e. The first kappa shape index (κ1) is 24.2. The van der Waals surface area contributed by atoms with Crippen molar-refractivity contribution in [1.82, 2.24) is 15.3 Å². The smallest absolute Gasteiger partial charge is 0.414 e. The van der Waals surface area contributed by atoms with Crippen molar-refractivity contribution in [3.8, 4) is 0 Å². The number of hydrogen-bond donors (Lipinski definition) is 2. The summed E-state index contributed by atoms with van der Waals surface area (Å²) in [5, 5.41) is 6.70. The van der Waals surface area contributed by atoms with Crippen molar-refractivity contribution in [3.05, 3.63) is 41.6 Å². The van der Waals surface area contributed by atoms with Crippen molar-refractivity contribution < 1.29 is 18.3 Å². The fourth-order valence-corrected chi connectivity index (χ4v) is 3.80. The molecule has 0 spiro atoms. The SMILES string of the molecule is CSc1ncc(CN[C@H]2CCN(C(=O)OC(C)(C)C)c3ccccc32)c(NCC(F)F)n1. The zero-order valence-electron chi connectivity index (χ0n) is 18.7. The van der Waals surface area contributed by atoms with E-state index in [1.54, 1.807) is 11.1 Å². The second-order valence-corrected chi connectivity index (χ2v) is 9.19. The number of hydrogen-bond acceptors (Lipinski definition) is 7. The van der Waals surface area contributed by atoms with Crippen LogP contribution in [0.1, 0.15) is 44.4 Å². The van der Waals surface area contributed by atoms with Gasteiger partial charge in [0.1, 0.15) is 11.4 Å². The molecule has 0 radical (unpaired) electrons. The van der Waals surface area contributed by atoms with Crippen LogP contribution < -0.4 is 15.5 Å². The van der Waals surface area contributed by atoms with E-state index in [1.165, 1.54) is 11.8 Å². The first-order chi connectivity index (χ1) is 15.2. The summed E-state index contributed by atoms with van der Waals surface area (Å²) < 4.78 is 31.0. The molecule has 0 saturated heterocycles. The highest BCUT2D eigenvalue weighted by Gasteiger charge is 2.31. The molecule has 2 heterocycles. The molecule has 0 unspecified atom stereocenters. The lowest BCUT2D eigenvalue weighted by Gasteiger charge is -2.35. The monoisotopic (exact) mass is 465 g/mol. The molecule has 1 amide bonds. The van der Waals surface area contributed by atoms with Gasteiger partial charge in [-0.2, -0.15) is 0 Å². The highest BCUT2D eigenvalue weighted by atomic mass is 32.2. The summed E-state index contributed by atoms with van der Waals surface area (Å²) in [7, 11) is 0. The Kier molecular flexibility index (Phi) is 7.89. The first-order valence-electron chi connectivity index (χ1n) is 10.4. The minimum absolute atomic E-state index is 0.0203. The van der Waals surface area contributed by atoms with E-state index in [1.807, 2.05) is 51.3 Å². The number of carbonyl (C=O) groups excluding carboxylic acids is 1. The van der Waals surface area contributed by atoms with Crippen LogP contribution in [0.15, 0.2) is 35.6 Å². The van der Waals surface area contributed by atoms with Gasteiger partial charge in [-0.05, 0) is 45.1 Å². The molecule has 174 valence electrons. The number of rotatable bonds is 7. The Morgan fingerprint density at radius 2 is 2.09 bits per heavy atom. The Hall–Kier alpha value is -2.46. The fraction of sp³-hybridized carbons (Fsp3) is 0.500. The predicted molar refractivity (Wildman–Crippen MR) is 123 cm³/mol. The van der Waals surface area contributed by atoms with E-state index in [0.717, 1.165) is 11.3 Å². The molecule has 1 aromatic carbocycles. The number of anilines is 2. The van der Waals surface area contributed by atoms with Gasteiger partial charge in [-0.3, -0.25) is 4.90 Å². The summed E-state index contributed by atoms with van der Waals surface area (Å²) >= 11 is 1.35. The highest BCUT2D eigenvalue weighted by molar-refractivity contribution is 7.98. The van der Waals surface area contributed by atoms with Gasteiger partial charge in [0.25, 0.3) is 6.43 Å². The lowest BCUT2D eigenvalue weighted by Crippen LogP contribution is -2.42. The standard InChI is InChI=1S/C22H29F2N5O2S/c1-22(2,3)31-21(30)29-10-9-16(15-7-5-6-8-17(15)29)25-11-14-12-27-20(32-4)28-19(14)26-13-18(23)24/h5-8,12,16,18,25H,9-11,13H2,1-4H3,(H,26,27,28)/t16-/m0/s1. The van der Waals surface area contributed by atoms with Crippen molar-refractivity contribution in [2.45, 2.75) is 57.0 Å². The van der Waals surface area contributed by atoms with Gasteiger partial charge in [-0.1, -0.05) is 30.0 Å². The number of benzene rings is 1. The van der Waals surface area contributed by atoms with Gasteiger partial charge in [-0.25, -0.2) is 23.5 Å². The first-order valence-corrected chi connectivity index (χ1v) is 11.6. The molecule has 32 heavy (non-hydrogen) atoms. The number of para-hydroxylation sites is 1. The molecular formula is C22H29F2N5O2S. The Labute approximate surface area is 191 Å². The van der Waals surface area contributed by atoms with E-state index in [0.29, 0.717) is 36.0 Å². The number of fused-ring (bicyclic) bond motifs is 1. The predicted octanol–water partition coefficient (Wildman–Crippen LogP) is 4.85. The van der Waals surface area contributed by atoms with Gasteiger partial charge < -0.3 is 15.4 Å². The number of thioether (sulfide) groups is 1. The van der Waals surface area contributed by atoms with Crippen molar-refractivity contribution in [2.75, 3.05) is 29.6 Å². The van der Waals surface area contributed by atoms with Crippen molar-refractivity contribution >= 4 is 29.4 Å². The maximum absolute atomic E-state index is 12.7. The summed E-state index contributed by atoms with van der Waals surface area (Å²) in [5.74, 6) is 0.400. The number of carbonyl (C=O) groups is 1. The molecule has 1 aromatic heterocycles. The number of alkyl halides is 2. The second-order valence-electron chi connectivity index (χ2n) is 8.42.